The first-order valence-electron chi connectivity index (χ1n) is 4.95. The fourth-order valence-electron chi connectivity index (χ4n) is 0.353. The third-order valence-electron chi connectivity index (χ3n) is 0.759. The average Bonchev–Trinajstić information content (AvgIpc) is 1.78. The molecule has 0 heterocycles. The molecule has 4 nitrogen and oxygen atoms in total. The van der Waals surface area contributed by atoms with Crippen molar-refractivity contribution in [2.45, 2.75) is 52.7 Å². The van der Waals surface area contributed by atoms with Crippen LogP contribution in [0.1, 0.15) is 41.5 Å². The van der Waals surface area contributed by atoms with Crippen LogP contribution in [0.15, 0.2) is 0 Å². The quantitative estimate of drug-likeness (QED) is 0.680. The molecule has 0 bridgehead atoms. The number of hydrogen-bond acceptors (Lipinski definition) is 3. The molecule has 15 heavy (non-hydrogen) atoms. The zero-order valence-electron chi connectivity index (χ0n) is 11.2. The number of carbonyl (C=O) groups is 1. The Morgan fingerprint density at radius 2 is 1.33 bits per heavy atom. The molecule has 1 N–H and O–H groups in total. The summed E-state index contributed by atoms with van der Waals surface area (Å²) in [4.78, 5) is 12.3. The van der Waals surface area contributed by atoms with Crippen molar-refractivity contribution in [1.29, 1.82) is 0 Å². The Kier molecular flexibility index (Phi) is 6.61. The Morgan fingerprint density at radius 1 is 1.07 bits per heavy atom. The monoisotopic (exact) mass is 219 g/mol. The van der Waals surface area contributed by atoms with Crippen molar-refractivity contribution in [3.63, 3.8) is 0 Å². The highest BCUT2D eigenvalue weighted by atomic mass is 16.6. The normalized spacial score (nSPS) is 11.3. The van der Waals surface area contributed by atoms with Crippen molar-refractivity contribution in [3.8, 4) is 0 Å². The molecule has 0 spiro atoms. The molecule has 0 aromatic rings. The van der Waals surface area contributed by atoms with Gasteiger partial charge in [0.1, 0.15) is 5.60 Å². The van der Waals surface area contributed by atoms with Crippen LogP contribution < -0.4 is 0 Å². The third-order valence-corrected chi connectivity index (χ3v) is 0.759. The lowest BCUT2D eigenvalue weighted by Gasteiger charge is -2.22. The van der Waals surface area contributed by atoms with E-state index in [2.05, 4.69) is 0 Å². The first-order valence-corrected chi connectivity index (χ1v) is 4.95. The number of carbonyl (C=O) groups excluding carboxylic acids is 1. The summed E-state index contributed by atoms with van der Waals surface area (Å²) in [6, 6.07) is 0. The molecule has 0 unspecified atom stereocenters. The minimum atomic E-state index is -0.500. The van der Waals surface area contributed by atoms with Gasteiger partial charge in [-0.3, -0.25) is 0 Å². The van der Waals surface area contributed by atoms with Crippen molar-refractivity contribution in [3.05, 3.63) is 0 Å². The van der Waals surface area contributed by atoms with E-state index in [1.165, 1.54) is 4.90 Å². The number of amides is 1. The van der Waals surface area contributed by atoms with Crippen LogP contribution in [0, 0.1) is 0 Å². The van der Waals surface area contributed by atoms with Crippen LogP contribution in [-0.4, -0.2) is 41.4 Å². The molecule has 0 radical (unpaired) electrons. The molecule has 0 aliphatic heterocycles. The lowest BCUT2D eigenvalue weighted by Crippen LogP contribution is -2.31. The van der Waals surface area contributed by atoms with Crippen molar-refractivity contribution in [2.24, 2.45) is 0 Å². The van der Waals surface area contributed by atoms with Gasteiger partial charge in [0, 0.05) is 14.1 Å². The molecule has 0 aliphatic rings. The van der Waals surface area contributed by atoms with E-state index in [1.807, 2.05) is 20.8 Å². The highest BCUT2D eigenvalue weighted by molar-refractivity contribution is 5.67. The SMILES string of the molecule is CC(C)(C)O.CN(C)C(=O)OC(C)(C)C. The fourth-order valence-corrected chi connectivity index (χ4v) is 0.353. The summed E-state index contributed by atoms with van der Waals surface area (Å²) in [5.74, 6) is 0. The van der Waals surface area contributed by atoms with E-state index in [9.17, 15) is 4.79 Å². The second-order valence-electron chi connectivity index (χ2n) is 5.55. The Balaban J connectivity index is 0. The van der Waals surface area contributed by atoms with Crippen LogP contribution in [0.4, 0.5) is 4.79 Å². The van der Waals surface area contributed by atoms with E-state index >= 15 is 0 Å². The predicted octanol–water partition coefficient (Wildman–Crippen LogP) is 2.26. The minimum absolute atomic E-state index is 0.299. The van der Waals surface area contributed by atoms with Crippen molar-refractivity contribution in [2.75, 3.05) is 14.1 Å². The van der Waals surface area contributed by atoms with Gasteiger partial charge in [0.05, 0.1) is 5.60 Å². The third kappa shape index (κ3) is 24.6. The largest absolute Gasteiger partial charge is 0.444 e. The van der Waals surface area contributed by atoms with Gasteiger partial charge in [-0.15, -0.1) is 0 Å². The Morgan fingerprint density at radius 3 is 1.40 bits per heavy atom. The van der Waals surface area contributed by atoms with Crippen LogP contribution >= 0.6 is 0 Å². The van der Waals surface area contributed by atoms with Gasteiger partial charge in [0.25, 0.3) is 0 Å². The van der Waals surface area contributed by atoms with Crippen molar-refractivity contribution >= 4 is 6.09 Å². The molecule has 0 rings (SSSR count). The summed E-state index contributed by atoms with van der Waals surface area (Å²) in [5.41, 5.74) is -0.888. The molecular weight excluding hydrogens is 194 g/mol. The zero-order valence-corrected chi connectivity index (χ0v) is 11.2. The molecule has 0 saturated carbocycles. The Labute approximate surface area is 93.2 Å². The van der Waals surface area contributed by atoms with E-state index in [0.717, 1.165) is 0 Å². The highest BCUT2D eigenvalue weighted by Crippen LogP contribution is 2.07. The molecule has 0 atom stereocenters. The molecule has 92 valence electrons. The summed E-state index contributed by atoms with van der Waals surface area (Å²) in [7, 11) is 3.32. The van der Waals surface area contributed by atoms with Crippen LogP contribution in [0.5, 0.6) is 0 Å². The summed E-state index contributed by atoms with van der Waals surface area (Å²) in [5, 5.41) is 8.52. The van der Waals surface area contributed by atoms with Crippen LogP contribution in [-0.2, 0) is 4.74 Å². The lowest BCUT2D eigenvalue weighted by atomic mass is 10.2. The maximum atomic E-state index is 10.9. The summed E-state index contributed by atoms with van der Waals surface area (Å²) in [6.07, 6.45) is -0.299. The minimum Gasteiger partial charge on any atom is -0.444 e. The fraction of sp³-hybridized carbons (Fsp3) is 0.909. The van der Waals surface area contributed by atoms with Gasteiger partial charge >= 0.3 is 6.09 Å². The number of hydrogen-bond donors (Lipinski definition) is 1. The summed E-state index contributed by atoms with van der Waals surface area (Å²) >= 11 is 0. The molecule has 0 aromatic carbocycles. The van der Waals surface area contributed by atoms with Gasteiger partial charge < -0.3 is 14.7 Å². The van der Waals surface area contributed by atoms with Crippen molar-refractivity contribution in [1.82, 2.24) is 4.90 Å². The van der Waals surface area contributed by atoms with Gasteiger partial charge in [-0.2, -0.15) is 0 Å². The number of ether oxygens (including phenoxy) is 1. The maximum Gasteiger partial charge on any atom is 0.409 e. The first kappa shape index (κ1) is 16.7. The van der Waals surface area contributed by atoms with Gasteiger partial charge in [-0.05, 0) is 41.5 Å². The van der Waals surface area contributed by atoms with Gasteiger partial charge in [0.2, 0.25) is 0 Å². The van der Waals surface area contributed by atoms with Gasteiger partial charge in [0.15, 0.2) is 0 Å². The zero-order chi connectivity index (χ0) is 12.9. The number of nitrogens with zero attached hydrogens (tertiary/aromatic N) is 1. The number of rotatable bonds is 0. The van der Waals surface area contributed by atoms with Crippen molar-refractivity contribution < 1.29 is 14.6 Å². The first-order chi connectivity index (χ1) is 6.33. The van der Waals surface area contributed by atoms with Crippen LogP contribution in [0.3, 0.4) is 0 Å². The summed E-state index contributed by atoms with van der Waals surface area (Å²) in [6.45, 7) is 10.8. The van der Waals surface area contributed by atoms with E-state index in [1.54, 1.807) is 34.9 Å². The van der Waals surface area contributed by atoms with E-state index in [4.69, 9.17) is 9.84 Å². The van der Waals surface area contributed by atoms with Gasteiger partial charge in [-0.1, -0.05) is 0 Å². The number of aliphatic hydroxyl groups is 1. The Bertz CT molecular complexity index is 181. The summed E-state index contributed by atoms with van der Waals surface area (Å²) < 4.78 is 4.99. The second kappa shape index (κ2) is 5.95. The standard InChI is InChI=1S/C7H15NO2.C4H10O/c1-7(2,3)10-6(9)8(4)5;1-4(2,3)5/h1-5H3;5H,1-3H3. The highest BCUT2D eigenvalue weighted by Gasteiger charge is 2.16. The Hall–Kier alpha value is -0.770. The topological polar surface area (TPSA) is 49.8 Å². The molecule has 4 heteroatoms. The van der Waals surface area contributed by atoms with Crippen LogP contribution in [0.25, 0.3) is 0 Å². The molecule has 0 aliphatic carbocycles. The van der Waals surface area contributed by atoms with E-state index in [-0.39, 0.29) is 11.7 Å². The molecule has 1 amide bonds. The molecule has 0 aromatic heterocycles. The van der Waals surface area contributed by atoms with E-state index in [0.29, 0.717) is 0 Å². The maximum absolute atomic E-state index is 10.9. The van der Waals surface area contributed by atoms with Gasteiger partial charge in [-0.25, -0.2) is 4.79 Å². The second-order valence-corrected chi connectivity index (χ2v) is 5.55. The van der Waals surface area contributed by atoms with Crippen LogP contribution in [0.2, 0.25) is 0 Å². The molecule has 0 saturated heterocycles. The lowest BCUT2D eigenvalue weighted by molar-refractivity contribution is 0.0341. The smallest absolute Gasteiger partial charge is 0.409 e. The molecule has 0 fully saturated rings. The predicted molar refractivity (Wildman–Crippen MR) is 61.9 cm³/mol. The van der Waals surface area contributed by atoms with E-state index < -0.39 is 5.60 Å². The average molecular weight is 219 g/mol. The molecular formula is C11H25NO3.